The van der Waals surface area contributed by atoms with Crippen LogP contribution in [0.1, 0.15) is 83.7 Å². The van der Waals surface area contributed by atoms with Crippen molar-refractivity contribution in [1.29, 1.82) is 0 Å². The van der Waals surface area contributed by atoms with Gasteiger partial charge in [-0.2, -0.15) is 0 Å². The van der Waals surface area contributed by atoms with Crippen molar-refractivity contribution in [2.75, 3.05) is 44.0 Å². The topological polar surface area (TPSA) is 387 Å². The van der Waals surface area contributed by atoms with Crippen molar-refractivity contribution in [3.05, 3.63) is 83.3 Å². The highest BCUT2D eigenvalue weighted by atomic mass is 31.1. The molecule has 31 nitrogen and oxygen atoms in total. The van der Waals surface area contributed by atoms with E-state index in [2.05, 4.69) is 46.2 Å². The number of anilines is 2. The van der Waals surface area contributed by atoms with Gasteiger partial charge < -0.3 is 68.6 Å². The monoisotopic (exact) mass is 1240 g/mol. The number of aromatic nitrogens is 7. The summed E-state index contributed by atoms with van der Waals surface area (Å²) in [5.74, 6) is -3.71. The van der Waals surface area contributed by atoms with Crippen LogP contribution in [-0.2, 0) is 76.8 Å². The summed E-state index contributed by atoms with van der Waals surface area (Å²) in [5, 5.41) is 21.6. The predicted molar refractivity (Wildman–Crippen MR) is 298 cm³/mol. The van der Waals surface area contributed by atoms with Gasteiger partial charge in [0.25, 0.3) is 17.4 Å². The number of aromatic amines is 1. The molecule has 0 aliphatic carbocycles. The van der Waals surface area contributed by atoms with E-state index in [1.54, 1.807) is 38.1 Å². The largest absolute Gasteiger partial charge is 0.445 e. The van der Waals surface area contributed by atoms with Crippen molar-refractivity contribution in [3.8, 4) is 0 Å². The van der Waals surface area contributed by atoms with Crippen LogP contribution in [-0.4, -0.2) is 166 Å². The second kappa shape index (κ2) is 28.2. The van der Waals surface area contributed by atoms with Crippen molar-refractivity contribution in [1.82, 2.24) is 54.5 Å². The number of nitrogens with one attached hydrogen (secondary N) is 5. The lowest BCUT2D eigenvalue weighted by atomic mass is 10.0. The van der Waals surface area contributed by atoms with Crippen molar-refractivity contribution in [2.24, 2.45) is 5.92 Å². The SMILES string of the molecule is CC(C)[C@H](NC(=O)CCCCCN1C(=O)C=CC1=O)C(=O)N[C@@H](C)C(=O)Nc1ccc(COC(=O)N(C)CCCC(=O)Nc2ncnc3c2ncn3[C@H]2C[C@@H]3O[PH](=O)OCC4O[C@@H](n5cc(F)c6c(=O)[nH]cnc65)[C@H](O[PH](=O)OC[C@H]3O2)[C@@H]4O)cc1. The number of H-pyrrole nitrogens is 1. The highest BCUT2D eigenvalue weighted by Crippen LogP contribution is 2.44. The van der Waals surface area contributed by atoms with Gasteiger partial charge in [-0.15, -0.1) is 0 Å². The van der Waals surface area contributed by atoms with Crippen LogP contribution >= 0.6 is 16.5 Å². The Labute approximate surface area is 489 Å². The van der Waals surface area contributed by atoms with E-state index in [1.165, 1.54) is 48.2 Å². The minimum Gasteiger partial charge on any atom is -0.445 e. The summed E-state index contributed by atoms with van der Waals surface area (Å²) in [4.78, 5) is 123. The number of nitrogens with zero attached hydrogens (tertiary/aromatic N) is 8. The molecule has 0 spiro atoms. The van der Waals surface area contributed by atoms with Gasteiger partial charge in [-0.1, -0.05) is 32.4 Å². The molecule has 6 N–H and O–H groups in total. The Hall–Kier alpha value is -7.67. The Morgan fingerprint density at radius 2 is 1.55 bits per heavy atom. The summed E-state index contributed by atoms with van der Waals surface area (Å²) in [6.45, 7) is 4.42. The molecule has 0 saturated carbocycles. The molecule has 2 bridgehead atoms. The molecule has 8 heterocycles. The van der Waals surface area contributed by atoms with Crippen LogP contribution < -0.4 is 26.8 Å². The van der Waals surface area contributed by atoms with Gasteiger partial charge in [0.2, 0.25) is 23.6 Å². The maximum Gasteiger partial charge on any atom is 0.409 e. The Balaban J connectivity index is 0.691. The smallest absolute Gasteiger partial charge is 0.409 e. The van der Waals surface area contributed by atoms with Crippen molar-refractivity contribution < 1.29 is 84.5 Å². The quantitative estimate of drug-likeness (QED) is 0.0349. The van der Waals surface area contributed by atoms with Gasteiger partial charge in [-0.05, 0) is 49.8 Å². The molecular weight excluding hydrogens is 1180 g/mol. The lowest BCUT2D eigenvalue weighted by Gasteiger charge is -2.24. The Kier molecular flexibility index (Phi) is 20.6. The van der Waals surface area contributed by atoms with Crippen molar-refractivity contribution in [3.63, 3.8) is 0 Å². The molecular formula is C52H64FN13O18P2. The summed E-state index contributed by atoms with van der Waals surface area (Å²) in [6.07, 6.45) is -0.154. The van der Waals surface area contributed by atoms with Crippen LogP contribution in [0.2, 0.25) is 0 Å². The number of benzene rings is 1. The van der Waals surface area contributed by atoms with E-state index in [0.717, 1.165) is 22.0 Å². The van der Waals surface area contributed by atoms with E-state index in [0.29, 0.717) is 30.5 Å². The summed E-state index contributed by atoms with van der Waals surface area (Å²) in [5.41, 5.74) is 0.528. The molecule has 1 aromatic carbocycles. The van der Waals surface area contributed by atoms with Crippen LogP contribution in [0.3, 0.4) is 0 Å². The van der Waals surface area contributed by atoms with Crippen LogP contribution in [0.15, 0.2) is 66.4 Å². The highest BCUT2D eigenvalue weighted by Gasteiger charge is 2.49. The molecule has 5 aromatic rings. The zero-order valence-electron chi connectivity index (χ0n) is 46.9. The zero-order chi connectivity index (χ0) is 61.3. The van der Waals surface area contributed by atoms with Gasteiger partial charge in [0.15, 0.2) is 34.7 Å². The average Bonchev–Trinajstić information content (AvgIpc) is 1.73. The van der Waals surface area contributed by atoms with Crippen LogP contribution in [0.5, 0.6) is 0 Å². The number of aliphatic hydroxyl groups is 1. The first-order valence-corrected chi connectivity index (χ1v) is 30.0. The number of unbranched alkanes of at least 4 members (excludes halogenated alkanes) is 2. The van der Waals surface area contributed by atoms with Crippen LogP contribution in [0, 0.1) is 11.7 Å². The Morgan fingerprint density at radius 3 is 2.29 bits per heavy atom. The zero-order valence-corrected chi connectivity index (χ0v) is 48.9. The minimum atomic E-state index is -3.48. The summed E-state index contributed by atoms with van der Waals surface area (Å²) >= 11 is 0. The minimum absolute atomic E-state index is 0.0295. The first kappa shape index (κ1) is 62.8. The first-order valence-electron chi connectivity index (χ1n) is 27.5. The van der Waals surface area contributed by atoms with Gasteiger partial charge in [0.1, 0.15) is 61.0 Å². The number of hydrogen-bond acceptors (Lipinski definition) is 22. The highest BCUT2D eigenvalue weighted by molar-refractivity contribution is 7.33. The number of ether oxygens (including phenoxy) is 3. The molecule has 4 aliphatic rings. The van der Waals surface area contributed by atoms with E-state index in [-0.39, 0.29) is 97.0 Å². The number of carbonyl (C=O) groups excluding carboxylic acids is 7. The Morgan fingerprint density at radius 1 is 0.826 bits per heavy atom. The van der Waals surface area contributed by atoms with Gasteiger partial charge in [-0.25, -0.2) is 29.1 Å². The van der Waals surface area contributed by atoms with Gasteiger partial charge >= 0.3 is 22.6 Å². The normalized spacial score (nSPS) is 23.9. The number of aliphatic hydroxyl groups excluding tert-OH is 1. The second-order valence-electron chi connectivity index (χ2n) is 20.9. The number of carbonyl (C=O) groups is 7. The number of imide groups is 1. The van der Waals surface area contributed by atoms with E-state index in [9.17, 15) is 57.0 Å². The van der Waals surface area contributed by atoms with E-state index < -0.39 is 120 Å². The standard InChI is InChI=1S/C52H64FN13O18P2/c1-27(2)41(61-35(67)9-6-5-7-18-64-37(69)15-16-38(64)70)50(74)59-28(3)48(72)60-30-13-11-29(12-14-30)21-78-52(75)63(4)17-8-10-36(68)62-45-42-47(56-24-54-45)66(26-58-42)39-19-32-33(81-39)22-79-86(77)84-44-43(71)34(23-80-85(76)83-32)82-51(44)65-20-31(53)40-46(65)55-25-57-49(40)73/h11-16,20,24-28,32-34,39,41,43-44,51,71,85-86H,5-10,17-19,21-23H2,1-4H3,(H,59,74)(H,60,72)(H,61,67)(H,55,57,73)(H,54,56,62,68)/t28-,32-,33+,34?,39+,41-,43+,44+,51+/m0/s1. The number of halogens is 1. The maximum absolute atomic E-state index is 14.9. The average molecular weight is 1240 g/mol. The third-order valence-corrected chi connectivity index (χ3v) is 16.2. The molecule has 462 valence electrons. The number of amides is 7. The Bertz CT molecular complexity index is 3470. The molecule has 4 aromatic heterocycles. The molecule has 11 atom stereocenters. The van der Waals surface area contributed by atoms with Gasteiger partial charge in [0, 0.05) is 63.4 Å². The number of hydrogen-bond donors (Lipinski definition) is 6. The molecule has 7 amide bonds. The summed E-state index contributed by atoms with van der Waals surface area (Å²) in [6, 6.07) is 4.62. The van der Waals surface area contributed by atoms with E-state index in [1.807, 2.05) is 0 Å². The number of imidazole rings is 1. The predicted octanol–water partition coefficient (Wildman–Crippen LogP) is 2.90. The van der Waals surface area contributed by atoms with Gasteiger partial charge in [0.05, 0.1) is 32.0 Å². The molecule has 3 saturated heterocycles. The first-order chi connectivity index (χ1) is 41.2. The van der Waals surface area contributed by atoms with Crippen LogP contribution in [0.4, 0.5) is 20.7 Å². The third-order valence-electron chi connectivity index (χ3n) is 14.5. The molecule has 3 unspecified atom stereocenters. The van der Waals surface area contributed by atoms with Crippen LogP contribution in [0.25, 0.3) is 22.2 Å². The van der Waals surface area contributed by atoms with Gasteiger partial charge in [-0.3, -0.25) is 56.7 Å². The second-order valence-corrected chi connectivity index (χ2v) is 23.0. The lowest BCUT2D eigenvalue weighted by molar-refractivity contribution is -0.137. The number of fused-ring (bicyclic) bond motifs is 5. The summed E-state index contributed by atoms with van der Waals surface area (Å²) < 4.78 is 84.3. The fourth-order valence-electron chi connectivity index (χ4n) is 9.84. The molecule has 34 heteroatoms. The molecule has 86 heavy (non-hydrogen) atoms. The van der Waals surface area contributed by atoms with Crippen molar-refractivity contribution in [2.45, 2.75) is 127 Å². The molecule has 4 aliphatic heterocycles. The molecule has 9 rings (SSSR count). The maximum atomic E-state index is 14.9. The summed E-state index contributed by atoms with van der Waals surface area (Å²) in [7, 11) is -5.30. The van der Waals surface area contributed by atoms with E-state index >= 15 is 0 Å². The molecule has 0 radical (unpaired) electrons. The van der Waals surface area contributed by atoms with E-state index in [4.69, 9.17) is 32.3 Å². The fourth-order valence-corrected chi connectivity index (χ4v) is 11.5. The molecule has 3 fully saturated rings. The lowest BCUT2D eigenvalue weighted by Crippen LogP contribution is -2.53. The number of rotatable bonds is 21. The fraction of sp³-hybridized carbons (Fsp3) is 0.500. The third kappa shape index (κ3) is 15.1. The van der Waals surface area contributed by atoms with Crippen molar-refractivity contribution >= 4 is 91.7 Å².